The number of hydrogen-bond donors (Lipinski definition) is 3. The number of aryl methyl sites for hydroxylation is 2. The van der Waals surface area contributed by atoms with Crippen LogP contribution in [-0.2, 0) is 17.8 Å². The van der Waals surface area contributed by atoms with E-state index in [4.69, 9.17) is 4.42 Å². The average molecular weight is 357 g/mol. The zero-order valence-corrected chi connectivity index (χ0v) is 15.6. The van der Waals surface area contributed by atoms with Gasteiger partial charge in [-0.05, 0) is 32.8 Å². The third-order valence-electron chi connectivity index (χ3n) is 3.78. The SMILES string of the molecule is CCNC(=NCC(=O)NCCc1ccccc1)NCc1nc(C)c(C)o1. The minimum atomic E-state index is -0.110. The molecule has 2 aromatic rings. The number of oxazole rings is 1. The summed E-state index contributed by atoms with van der Waals surface area (Å²) in [6.45, 7) is 7.52. The Morgan fingerprint density at radius 1 is 1.15 bits per heavy atom. The second-order valence-corrected chi connectivity index (χ2v) is 5.88. The summed E-state index contributed by atoms with van der Waals surface area (Å²) in [5, 5.41) is 9.10. The van der Waals surface area contributed by atoms with E-state index in [1.54, 1.807) is 0 Å². The first-order valence-electron chi connectivity index (χ1n) is 8.84. The Morgan fingerprint density at radius 2 is 1.92 bits per heavy atom. The molecule has 0 aliphatic carbocycles. The summed E-state index contributed by atoms with van der Waals surface area (Å²) in [6.07, 6.45) is 0.803. The first-order valence-corrected chi connectivity index (χ1v) is 8.84. The third-order valence-corrected chi connectivity index (χ3v) is 3.78. The molecule has 3 N–H and O–H groups in total. The van der Waals surface area contributed by atoms with Crippen molar-refractivity contribution in [2.75, 3.05) is 19.6 Å². The van der Waals surface area contributed by atoms with Crippen molar-refractivity contribution in [2.24, 2.45) is 4.99 Å². The minimum absolute atomic E-state index is 0.0633. The number of nitrogens with one attached hydrogen (secondary N) is 3. The van der Waals surface area contributed by atoms with E-state index in [1.165, 1.54) is 5.56 Å². The van der Waals surface area contributed by atoms with Gasteiger partial charge in [-0.1, -0.05) is 30.3 Å². The van der Waals surface area contributed by atoms with Crippen LogP contribution in [0.3, 0.4) is 0 Å². The number of benzene rings is 1. The lowest BCUT2D eigenvalue weighted by atomic mass is 10.1. The maximum atomic E-state index is 12.0. The van der Waals surface area contributed by atoms with Crippen LogP contribution in [-0.4, -0.2) is 36.5 Å². The summed E-state index contributed by atoms with van der Waals surface area (Å²) >= 11 is 0. The van der Waals surface area contributed by atoms with Crippen LogP contribution >= 0.6 is 0 Å². The van der Waals surface area contributed by atoms with Crippen molar-refractivity contribution in [2.45, 2.75) is 33.7 Å². The van der Waals surface area contributed by atoms with Gasteiger partial charge in [0.2, 0.25) is 11.8 Å². The van der Waals surface area contributed by atoms with E-state index in [0.29, 0.717) is 31.5 Å². The maximum absolute atomic E-state index is 12.0. The predicted molar refractivity (Wildman–Crippen MR) is 102 cm³/mol. The molecule has 7 heteroatoms. The molecule has 1 aromatic carbocycles. The number of amides is 1. The topological polar surface area (TPSA) is 91.5 Å². The molecule has 26 heavy (non-hydrogen) atoms. The Balaban J connectivity index is 1.76. The van der Waals surface area contributed by atoms with Gasteiger partial charge in [-0.3, -0.25) is 4.79 Å². The minimum Gasteiger partial charge on any atom is -0.444 e. The highest BCUT2D eigenvalue weighted by Crippen LogP contribution is 2.07. The molecular weight excluding hydrogens is 330 g/mol. The summed E-state index contributed by atoms with van der Waals surface area (Å²) in [6, 6.07) is 10.1. The fraction of sp³-hybridized carbons (Fsp3) is 0.421. The highest BCUT2D eigenvalue weighted by atomic mass is 16.4. The largest absolute Gasteiger partial charge is 0.444 e. The molecule has 1 heterocycles. The lowest BCUT2D eigenvalue weighted by Crippen LogP contribution is -2.38. The number of carbonyl (C=O) groups is 1. The molecule has 0 saturated carbocycles. The van der Waals surface area contributed by atoms with Gasteiger partial charge in [0.1, 0.15) is 12.3 Å². The molecule has 0 radical (unpaired) electrons. The van der Waals surface area contributed by atoms with Gasteiger partial charge in [-0.25, -0.2) is 9.98 Å². The summed E-state index contributed by atoms with van der Waals surface area (Å²) in [5.74, 6) is 1.85. The smallest absolute Gasteiger partial charge is 0.241 e. The van der Waals surface area contributed by atoms with E-state index < -0.39 is 0 Å². The molecule has 0 atom stereocenters. The first kappa shape index (κ1) is 19.5. The van der Waals surface area contributed by atoms with Crippen LogP contribution in [0.2, 0.25) is 0 Å². The number of hydrogen-bond acceptors (Lipinski definition) is 4. The Kier molecular flexibility index (Phi) is 7.67. The zero-order valence-electron chi connectivity index (χ0n) is 15.6. The molecule has 0 aliphatic heterocycles. The van der Waals surface area contributed by atoms with Crippen molar-refractivity contribution in [1.82, 2.24) is 20.9 Å². The first-order chi connectivity index (χ1) is 12.6. The molecule has 1 amide bonds. The Bertz CT molecular complexity index is 705. The van der Waals surface area contributed by atoms with Gasteiger partial charge < -0.3 is 20.4 Å². The summed E-state index contributed by atoms with van der Waals surface area (Å²) in [7, 11) is 0. The molecular formula is C19H27N5O2. The summed E-state index contributed by atoms with van der Waals surface area (Å²) in [4.78, 5) is 20.6. The van der Waals surface area contributed by atoms with Crippen LogP contribution in [0.4, 0.5) is 0 Å². The Hall–Kier alpha value is -2.83. The van der Waals surface area contributed by atoms with Gasteiger partial charge in [0.05, 0.1) is 12.2 Å². The van der Waals surface area contributed by atoms with Crippen LogP contribution in [0.5, 0.6) is 0 Å². The highest BCUT2D eigenvalue weighted by molar-refractivity contribution is 5.84. The van der Waals surface area contributed by atoms with Gasteiger partial charge in [0.25, 0.3) is 0 Å². The van der Waals surface area contributed by atoms with Crippen molar-refractivity contribution in [3.63, 3.8) is 0 Å². The standard InChI is InChI=1S/C19H27N5O2/c1-4-20-19(23-13-18-24-14(2)15(3)26-18)22-12-17(25)21-11-10-16-8-6-5-7-9-16/h5-9H,4,10-13H2,1-3H3,(H,21,25)(H2,20,22,23). The highest BCUT2D eigenvalue weighted by Gasteiger charge is 2.07. The monoisotopic (exact) mass is 357 g/mol. The van der Waals surface area contributed by atoms with E-state index in [1.807, 2.05) is 51.1 Å². The second-order valence-electron chi connectivity index (χ2n) is 5.88. The van der Waals surface area contributed by atoms with Crippen molar-refractivity contribution in [1.29, 1.82) is 0 Å². The summed E-state index contributed by atoms with van der Waals surface area (Å²) < 4.78 is 5.53. The molecule has 0 fully saturated rings. The number of nitrogens with zero attached hydrogens (tertiary/aromatic N) is 2. The molecule has 0 unspecified atom stereocenters. The molecule has 0 aliphatic rings. The van der Waals surface area contributed by atoms with Gasteiger partial charge in [-0.2, -0.15) is 0 Å². The number of aromatic nitrogens is 1. The molecule has 0 bridgehead atoms. The van der Waals surface area contributed by atoms with Crippen LogP contribution < -0.4 is 16.0 Å². The number of aliphatic imine (C=N–C) groups is 1. The van der Waals surface area contributed by atoms with Crippen LogP contribution in [0.1, 0.15) is 29.8 Å². The van der Waals surface area contributed by atoms with E-state index in [2.05, 4.69) is 25.9 Å². The lowest BCUT2D eigenvalue weighted by molar-refractivity contribution is -0.119. The fourth-order valence-electron chi connectivity index (χ4n) is 2.31. The third kappa shape index (κ3) is 6.58. The van der Waals surface area contributed by atoms with Crippen molar-refractivity contribution >= 4 is 11.9 Å². The van der Waals surface area contributed by atoms with Gasteiger partial charge in [-0.15, -0.1) is 0 Å². The lowest BCUT2D eigenvalue weighted by Gasteiger charge is -2.10. The molecule has 2 rings (SSSR count). The van der Waals surface area contributed by atoms with Crippen LogP contribution in [0.25, 0.3) is 0 Å². The van der Waals surface area contributed by atoms with Crippen LogP contribution in [0.15, 0.2) is 39.7 Å². The zero-order chi connectivity index (χ0) is 18.8. The van der Waals surface area contributed by atoms with Gasteiger partial charge in [0.15, 0.2) is 5.96 Å². The maximum Gasteiger partial charge on any atom is 0.241 e. The molecule has 7 nitrogen and oxygen atoms in total. The fourth-order valence-corrected chi connectivity index (χ4v) is 2.31. The number of rotatable bonds is 8. The van der Waals surface area contributed by atoms with E-state index >= 15 is 0 Å². The van der Waals surface area contributed by atoms with Gasteiger partial charge in [0, 0.05) is 13.1 Å². The molecule has 0 saturated heterocycles. The second kappa shape index (κ2) is 10.2. The quantitative estimate of drug-likeness (QED) is 0.494. The summed E-state index contributed by atoms with van der Waals surface area (Å²) in [5.41, 5.74) is 2.07. The number of carbonyl (C=O) groups excluding carboxylic acids is 1. The molecule has 140 valence electrons. The normalized spacial score (nSPS) is 11.3. The van der Waals surface area contributed by atoms with Crippen molar-refractivity contribution in [3.8, 4) is 0 Å². The molecule has 1 aromatic heterocycles. The van der Waals surface area contributed by atoms with Crippen molar-refractivity contribution < 1.29 is 9.21 Å². The van der Waals surface area contributed by atoms with Crippen molar-refractivity contribution in [3.05, 3.63) is 53.2 Å². The van der Waals surface area contributed by atoms with E-state index in [-0.39, 0.29) is 12.5 Å². The van der Waals surface area contributed by atoms with E-state index in [9.17, 15) is 4.79 Å². The predicted octanol–water partition coefficient (Wildman–Crippen LogP) is 1.71. The van der Waals surface area contributed by atoms with E-state index in [0.717, 1.165) is 17.9 Å². The van der Waals surface area contributed by atoms with Gasteiger partial charge >= 0.3 is 0 Å². The van der Waals surface area contributed by atoms with Crippen LogP contribution in [0, 0.1) is 13.8 Å². The average Bonchev–Trinajstić information content (AvgIpc) is 2.96. The molecule has 0 spiro atoms. The Labute approximate surface area is 154 Å². The number of guanidine groups is 1. The Morgan fingerprint density at radius 3 is 2.58 bits per heavy atom.